The van der Waals surface area contributed by atoms with E-state index in [0.29, 0.717) is 16.4 Å². The van der Waals surface area contributed by atoms with Crippen molar-refractivity contribution in [2.24, 2.45) is 0 Å². The zero-order valence-electron chi connectivity index (χ0n) is 11.8. The molecule has 0 spiro atoms. The highest BCUT2D eigenvalue weighted by Gasteiger charge is 2.15. The lowest BCUT2D eigenvalue weighted by molar-refractivity contribution is -0.140. The number of carbonyl (C=O) groups is 2. The number of carbonyl (C=O) groups excluding carboxylic acids is 2. The van der Waals surface area contributed by atoms with Crippen molar-refractivity contribution < 1.29 is 19.1 Å². The Kier molecular flexibility index (Phi) is 6.55. The van der Waals surface area contributed by atoms with Crippen molar-refractivity contribution >= 4 is 34.9 Å². The molecule has 0 bridgehead atoms. The second-order valence-corrected chi connectivity index (χ2v) is 4.32. The van der Waals surface area contributed by atoms with Crippen LogP contribution in [0.25, 0.3) is 0 Å². The number of rotatable bonds is 6. The third-order valence-corrected chi connectivity index (χ3v) is 2.56. The Bertz CT molecular complexity index is 558. The maximum absolute atomic E-state index is 11.8. The van der Waals surface area contributed by atoms with Gasteiger partial charge in [0.2, 0.25) is 0 Å². The summed E-state index contributed by atoms with van der Waals surface area (Å²) in [7, 11) is 0. The maximum atomic E-state index is 11.8. The predicted octanol–water partition coefficient (Wildman–Crippen LogP) is 2.34. The van der Waals surface area contributed by atoms with Gasteiger partial charge in [-0.1, -0.05) is 11.6 Å². The van der Waals surface area contributed by atoms with E-state index in [0.717, 1.165) is 6.08 Å². The van der Waals surface area contributed by atoms with E-state index in [1.54, 1.807) is 26.0 Å². The number of hydrogen-bond acceptors (Lipinski definition) is 6. The summed E-state index contributed by atoms with van der Waals surface area (Å²) >= 11 is 5.87. The van der Waals surface area contributed by atoms with Crippen molar-refractivity contribution in [2.75, 3.05) is 24.3 Å². The van der Waals surface area contributed by atoms with Crippen molar-refractivity contribution in [1.29, 1.82) is 0 Å². The fourth-order valence-electron chi connectivity index (χ4n) is 1.44. The third-order valence-electron chi connectivity index (χ3n) is 2.33. The molecule has 0 aliphatic rings. The van der Waals surface area contributed by atoms with Gasteiger partial charge in [0.15, 0.2) is 0 Å². The number of benzene rings is 1. The van der Waals surface area contributed by atoms with Crippen LogP contribution in [-0.2, 0) is 19.1 Å². The molecule has 0 amide bonds. The van der Waals surface area contributed by atoms with E-state index in [2.05, 4.69) is 5.32 Å². The number of nitrogen functional groups attached to an aromatic ring is 1. The van der Waals surface area contributed by atoms with Crippen LogP contribution in [0.2, 0.25) is 5.02 Å². The highest BCUT2D eigenvalue weighted by molar-refractivity contribution is 6.31. The maximum Gasteiger partial charge on any atom is 0.355 e. The lowest BCUT2D eigenvalue weighted by atomic mass is 10.2. The molecule has 114 valence electrons. The average molecular weight is 313 g/mol. The van der Waals surface area contributed by atoms with Gasteiger partial charge in [0, 0.05) is 5.02 Å². The number of ether oxygens (including phenoxy) is 2. The zero-order valence-corrected chi connectivity index (χ0v) is 12.6. The Morgan fingerprint density at radius 2 is 1.95 bits per heavy atom. The second kappa shape index (κ2) is 8.16. The molecule has 0 aliphatic heterocycles. The first-order chi connectivity index (χ1) is 9.97. The van der Waals surface area contributed by atoms with E-state index in [1.807, 2.05) is 0 Å². The van der Waals surface area contributed by atoms with Gasteiger partial charge in [0.1, 0.15) is 5.70 Å². The fourth-order valence-corrected chi connectivity index (χ4v) is 1.61. The summed E-state index contributed by atoms with van der Waals surface area (Å²) in [5.74, 6) is -1.35. The molecule has 0 fully saturated rings. The van der Waals surface area contributed by atoms with Gasteiger partial charge in [-0.25, -0.2) is 9.59 Å². The number of anilines is 2. The Morgan fingerprint density at radius 3 is 2.57 bits per heavy atom. The first kappa shape index (κ1) is 16.8. The van der Waals surface area contributed by atoms with Crippen molar-refractivity contribution in [3.8, 4) is 0 Å². The first-order valence-corrected chi connectivity index (χ1v) is 6.73. The normalized spacial score (nSPS) is 10.9. The number of halogens is 1. The van der Waals surface area contributed by atoms with Gasteiger partial charge in [-0.2, -0.15) is 0 Å². The van der Waals surface area contributed by atoms with Gasteiger partial charge in [-0.15, -0.1) is 0 Å². The molecule has 1 aromatic carbocycles. The second-order valence-electron chi connectivity index (χ2n) is 3.89. The lowest BCUT2D eigenvalue weighted by Crippen LogP contribution is -2.17. The summed E-state index contributed by atoms with van der Waals surface area (Å²) < 4.78 is 9.65. The van der Waals surface area contributed by atoms with E-state index in [4.69, 9.17) is 26.8 Å². The van der Waals surface area contributed by atoms with Gasteiger partial charge in [-0.05, 0) is 32.0 Å². The largest absolute Gasteiger partial charge is 0.463 e. The van der Waals surface area contributed by atoms with Crippen molar-refractivity contribution in [3.05, 3.63) is 35.0 Å². The summed E-state index contributed by atoms with van der Waals surface area (Å²) in [6.45, 7) is 3.70. The minimum atomic E-state index is -0.690. The highest BCUT2D eigenvalue weighted by atomic mass is 35.5. The van der Waals surface area contributed by atoms with Crippen LogP contribution < -0.4 is 11.1 Å². The van der Waals surface area contributed by atoms with Gasteiger partial charge in [-0.3, -0.25) is 0 Å². The quantitative estimate of drug-likeness (QED) is 0.476. The summed E-state index contributed by atoms with van der Waals surface area (Å²) in [6, 6.07) is 4.73. The van der Waals surface area contributed by atoms with Crippen LogP contribution in [0.3, 0.4) is 0 Å². The molecule has 0 aromatic heterocycles. The Morgan fingerprint density at radius 1 is 1.29 bits per heavy atom. The van der Waals surface area contributed by atoms with Crippen LogP contribution in [0.1, 0.15) is 13.8 Å². The molecule has 0 heterocycles. The topological polar surface area (TPSA) is 90.6 Å². The third kappa shape index (κ3) is 5.35. The van der Waals surface area contributed by atoms with E-state index < -0.39 is 11.9 Å². The molecule has 21 heavy (non-hydrogen) atoms. The van der Waals surface area contributed by atoms with E-state index in [9.17, 15) is 9.59 Å². The van der Waals surface area contributed by atoms with E-state index >= 15 is 0 Å². The molecule has 0 aliphatic carbocycles. The lowest BCUT2D eigenvalue weighted by Gasteiger charge is -2.12. The van der Waals surface area contributed by atoms with Crippen LogP contribution in [0.15, 0.2) is 30.0 Å². The molecule has 0 saturated carbocycles. The molecule has 0 saturated heterocycles. The summed E-state index contributed by atoms with van der Waals surface area (Å²) in [5, 5.41) is 3.17. The van der Waals surface area contributed by atoms with Crippen LogP contribution in [0.4, 0.5) is 11.4 Å². The standard InChI is InChI=1S/C14H17ClN2O4/c1-3-20-13(18)8-12(14(19)21-4-2)17-11-7-9(15)5-6-10(11)16/h5-8,17H,3-4,16H2,1-2H3. The molecule has 0 radical (unpaired) electrons. The smallest absolute Gasteiger partial charge is 0.355 e. The van der Waals surface area contributed by atoms with Crippen LogP contribution in [0, 0.1) is 0 Å². The fraction of sp³-hybridized carbons (Fsp3) is 0.286. The SMILES string of the molecule is CCOC(=O)C=C(Nc1cc(Cl)ccc1N)C(=O)OCC. The molecular formula is C14H17ClN2O4. The monoisotopic (exact) mass is 312 g/mol. The van der Waals surface area contributed by atoms with Crippen LogP contribution >= 0.6 is 11.6 Å². The zero-order chi connectivity index (χ0) is 15.8. The molecule has 6 nitrogen and oxygen atoms in total. The Labute approximate surface area is 127 Å². The Balaban J connectivity index is 3.04. The number of esters is 2. The first-order valence-electron chi connectivity index (χ1n) is 6.35. The van der Waals surface area contributed by atoms with Crippen LogP contribution in [0.5, 0.6) is 0 Å². The summed E-state index contributed by atoms with van der Waals surface area (Å²) in [6.07, 6.45) is 1.02. The van der Waals surface area contributed by atoms with E-state index in [1.165, 1.54) is 6.07 Å². The molecule has 1 aromatic rings. The summed E-state index contributed by atoms with van der Waals surface area (Å²) in [5.41, 5.74) is 6.47. The number of nitrogens with two attached hydrogens (primary N) is 1. The van der Waals surface area contributed by atoms with Gasteiger partial charge in [0.25, 0.3) is 0 Å². The molecule has 0 unspecified atom stereocenters. The molecule has 3 N–H and O–H groups in total. The van der Waals surface area contributed by atoms with Crippen molar-refractivity contribution in [2.45, 2.75) is 13.8 Å². The van der Waals surface area contributed by atoms with Crippen molar-refractivity contribution in [3.63, 3.8) is 0 Å². The van der Waals surface area contributed by atoms with Gasteiger partial charge >= 0.3 is 11.9 Å². The Hall–Kier alpha value is -2.21. The van der Waals surface area contributed by atoms with Crippen molar-refractivity contribution in [1.82, 2.24) is 0 Å². The predicted molar refractivity (Wildman–Crippen MR) is 80.8 cm³/mol. The molecule has 0 atom stereocenters. The molecular weight excluding hydrogens is 296 g/mol. The van der Waals surface area contributed by atoms with Gasteiger partial charge < -0.3 is 20.5 Å². The molecule has 1 rings (SSSR count). The average Bonchev–Trinajstić information content (AvgIpc) is 2.42. The van der Waals surface area contributed by atoms with Gasteiger partial charge in [0.05, 0.1) is 30.7 Å². The number of hydrogen-bond donors (Lipinski definition) is 2. The molecule has 7 heteroatoms. The minimum absolute atomic E-state index is 0.0794. The minimum Gasteiger partial charge on any atom is -0.463 e. The summed E-state index contributed by atoms with van der Waals surface area (Å²) in [4.78, 5) is 23.3. The highest BCUT2D eigenvalue weighted by Crippen LogP contribution is 2.24. The van der Waals surface area contributed by atoms with E-state index in [-0.39, 0.29) is 18.9 Å². The van der Waals surface area contributed by atoms with Crippen LogP contribution in [-0.4, -0.2) is 25.2 Å². The number of nitrogens with one attached hydrogen (secondary N) is 1.